The fourth-order valence-electron chi connectivity index (χ4n) is 5.92. The normalized spacial score (nSPS) is 21.7. The van der Waals surface area contributed by atoms with Gasteiger partial charge < -0.3 is 4.74 Å². The summed E-state index contributed by atoms with van der Waals surface area (Å²) in [7, 11) is 0. The average molecular weight is 432 g/mol. The van der Waals surface area contributed by atoms with Gasteiger partial charge in [0.25, 0.3) is 0 Å². The van der Waals surface area contributed by atoms with Crippen molar-refractivity contribution in [1.82, 2.24) is 4.90 Å². The molecule has 2 heterocycles. The number of ether oxygens (including phenoxy) is 1. The zero-order valence-electron chi connectivity index (χ0n) is 18.9. The van der Waals surface area contributed by atoms with Crippen molar-refractivity contribution in [1.29, 1.82) is 0 Å². The van der Waals surface area contributed by atoms with E-state index in [9.17, 15) is 0 Å². The third kappa shape index (κ3) is 3.42. The van der Waals surface area contributed by atoms with E-state index in [0.29, 0.717) is 0 Å². The molecule has 1 atom stereocenters. The van der Waals surface area contributed by atoms with Gasteiger partial charge in [0.05, 0.1) is 0 Å². The van der Waals surface area contributed by atoms with E-state index in [4.69, 9.17) is 4.74 Å². The van der Waals surface area contributed by atoms with Crippen LogP contribution in [-0.2, 0) is 22.5 Å². The molecular weight excluding hydrogens is 402 g/mol. The monoisotopic (exact) mass is 431 g/mol. The summed E-state index contributed by atoms with van der Waals surface area (Å²) in [6.45, 7) is 2.96. The van der Waals surface area contributed by atoms with Crippen LogP contribution in [0.1, 0.15) is 40.7 Å². The largest absolute Gasteiger partial charge is 0.348 e. The molecule has 1 fully saturated rings. The SMILES string of the molecule is c1ccc(CN2CCCC3(C2)OC(c2ccccc2)(c2ccccc2)c2ccccc23)cc1. The van der Waals surface area contributed by atoms with Crippen LogP contribution in [0.5, 0.6) is 0 Å². The first-order valence-corrected chi connectivity index (χ1v) is 12.0. The topological polar surface area (TPSA) is 12.5 Å². The molecule has 33 heavy (non-hydrogen) atoms. The Morgan fingerprint density at radius 3 is 1.82 bits per heavy atom. The van der Waals surface area contributed by atoms with E-state index < -0.39 is 5.60 Å². The third-order valence-electron chi connectivity index (χ3n) is 7.29. The molecule has 4 aromatic carbocycles. The molecule has 1 spiro atoms. The lowest BCUT2D eigenvalue weighted by Crippen LogP contribution is -2.47. The first-order chi connectivity index (χ1) is 16.3. The maximum atomic E-state index is 7.45. The zero-order valence-corrected chi connectivity index (χ0v) is 18.9. The highest BCUT2D eigenvalue weighted by molar-refractivity contribution is 5.55. The first-order valence-electron chi connectivity index (χ1n) is 12.0. The van der Waals surface area contributed by atoms with Crippen LogP contribution in [0.15, 0.2) is 115 Å². The van der Waals surface area contributed by atoms with Crippen LogP contribution in [0, 0.1) is 0 Å². The van der Waals surface area contributed by atoms with Gasteiger partial charge in [-0.25, -0.2) is 0 Å². The molecule has 0 aromatic heterocycles. The van der Waals surface area contributed by atoms with Gasteiger partial charge in [-0.3, -0.25) is 4.90 Å². The van der Waals surface area contributed by atoms with Crippen molar-refractivity contribution < 1.29 is 4.74 Å². The van der Waals surface area contributed by atoms with E-state index in [1.807, 2.05) is 0 Å². The smallest absolute Gasteiger partial charge is 0.145 e. The number of likely N-dealkylation sites (tertiary alicyclic amines) is 1. The van der Waals surface area contributed by atoms with Crippen LogP contribution < -0.4 is 0 Å². The number of hydrogen-bond acceptors (Lipinski definition) is 2. The molecule has 2 heteroatoms. The van der Waals surface area contributed by atoms with Crippen molar-refractivity contribution in [3.8, 4) is 0 Å². The third-order valence-corrected chi connectivity index (χ3v) is 7.29. The van der Waals surface area contributed by atoms with Crippen molar-refractivity contribution in [3.05, 3.63) is 143 Å². The van der Waals surface area contributed by atoms with Crippen LogP contribution in [0.3, 0.4) is 0 Å². The van der Waals surface area contributed by atoms with Crippen molar-refractivity contribution in [2.45, 2.75) is 30.6 Å². The summed E-state index contributed by atoms with van der Waals surface area (Å²) in [5.74, 6) is 0. The lowest BCUT2D eigenvalue weighted by molar-refractivity contribution is -0.136. The fraction of sp³-hybridized carbons (Fsp3) is 0.226. The highest BCUT2D eigenvalue weighted by atomic mass is 16.5. The maximum Gasteiger partial charge on any atom is 0.145 e. The number of piperidine rings is 1. The van der Waals surface area contributed by atoms with E-state index in [2.05, 4.69) is 120 Å². The summed E-state index contributed by atoms with van der Waals surface area (Å²) in [4.78, 5) is 2.57. The second-order valence-electron chi connectivity index (χ2n) is 9.35. The molecule has 0 saturated carbocycles. The first kappa shape index (κ1) is 20.4. The minimum Gasteiger partial charge on any atom is -0.348 e. The molecule has 164 valence electrons. The van der Waals surface area contributed by atoms with Crippen LogP contribution in [0.25, 0.3) is 0 Å². The van der Waals surface area contributed by atoms with Gasteiger partial charge in [0.15, 0.2) is 0 Å². The molecule has 2 nitrogen and oxygen atoms in total. The number of rotatable bonds is 4. The maximum absolute atomic E-state index is 7.45. The summed E-state index contributed by atoms with van der Waals surface area (Å²) in [5, 5.41) is 0. The molecule has 0 bridgehead atoms. The van der Waals surface area contributed by atoms with Gasteiger partial charge in [0, 0.05) is 13.1 Å². The molecule has 0 amide bonds. The second kappa shape index (κ2) is 8.30. The average Bonchev–Trinajstić information content (AvgIpc) is 3.16. The predicted molar refractivity (Wildman–Crippen MR) is 133 cm³/mol. The van der Waals surface area contributed by atoms with Crippen LogP contribution in [0.2, 0.25) is 0 Å². The van der Waals surface area contributed by atoms with Crippen LogP contribution in [0.4, 0.5) is 0 Å². The Kier molecular flexibility index (Phi) is 5.13. The molecular formula is C31H29NO. The number of fused-ring (bicyclic) bond motifs is 2. The second-order valence-corrected chi connectivity index (χ2v) is 9.35. The van der Waals surface area contributed by atoms with Gasteiger partial charge in [-0.05, 0) is 47.2 Å². The minimum absolute atomic E-state index is 0.324. The Morgan fingerprint density at radius 1 is 0.636 bits per heavy atom. The lowest BCUT2D eigenvalue weighted by atomic mass is 9.78. The molecule has 1 unspecified atom stereocenters. The summed E-state index contributed by atoms with van der Waals surface area (Å²) in [5.41, 5.74) is 5.45. The van der Waals surface area contributed by atoms with E-state index in [0.717, 1.165) is 32.5 Å². The van der Waals surface area contributed by atoms with Crippen molar-refractivity contribution >= 4 is 0 Å². The van der Waals surface area contributed by atoms with E-state index in [1.54, 1.807) is 0 Å². The van der Waals surface area contributed by atoms with Crippen molar-refractivity contribution in [2.75, 3.05) is 13.1 Å². The van der Waals surface area contributed by atoms with Crippen LogP contribution in [-0.4, -0.2) is 18.0 Å². The van der Waals surface area contributed by atoms with Gasteiger partial charge >= 0.3 is 0 Å². The Labute approximate surface area is 196 Å². The van der Waals surface area contributed by atoms with Crippen LogP contribution >= 0.6 is 0 Å². The summed E-state index contributed by atoms with van der Waals surface area (Å²) in [6.07, 6.45) is 2.16. The highest BCUT2D eigenvalue weighted by Crippen LogP contribution is 2.56. The van der Waals surface area contributed by atoms with Gasteiger partial charge in [-0.2, -0.15) is 0 Å². The predicted octanol–water partition coefficient (Wildman–Crippen LogP) is 6.50. The molecule has 0 N–H and O–H groups in total. The number of nitrogens with zero attached hydrogens (tertiary/aromatic N) is 1. The van der Waals surface area contributed by atoms with Gasteiger partial charge in [-0.15, -0.1) is 0 Å². The number of benzene rings is 4. The van der Waals surface area contributed by atoms with Gasteiger partial charge in [0.2, 0.25) is 0 Å². The highest BCUT2D eigenvalue weighted by Gasteiger charge is 2.56. The Bertz CT molecular complexity index is 1180. The van der Waals surface area contributed by atoms with Crippen molar-refractivity contribution in [3.63, 3.8) is 0 Å². The standard InChI is InChI=1S/C31H29NO/c1-4-13-25(14-5-1)23-32-22-12-21-30(24-32)28-19-10-11-20-29(28)31(33-30,26-15-6-2-7-16-26)27-17-8-3-9-18-27/h1-11,13-20H,12,21-24H2. The van der Waals surface area contributed by atoms with E-state index in [-0.39, 0.29) is 5.60 Å². The molecule has 0 radical (unpaired) electrons. The van der Waals surface area contributed by atoms with Gasteiger partial charge in [0.1, 0.15) is 11.2 Å². The summed E-state index contributed by atoms with van der Waals surface area (Å²) >= 11 is 0. The Hall–Kier alpha value is -3.20. The van der Waals surface area contributed by atoms with E-state index >= 15 is 0 Å². The molecule has 6 rings (SSSR count). The summed E-state index contributed by atoms with van der Waals surface area (Å²) < 4.78 is 7.45. The lowest BCUT2D eigenvalue weighted by Gasteiger charge is -2.43. The van der Waals surface area contributed by atoms with Gasteiger partial charge in [-0.1, -0.05) is 115 Å². The Morgan fingerprint density at radius 2 is 1.18 bits per heavy atom. The molecule has 2 aliphatic heterocycles. The zero-order chi connectivity index (χ0) is 22.1. The van der Waals surface area contributed by atoms with E-state index in [1.165, 1.54) is 27.8 Å². The Balaban J connectivity index is 1.48. The molecule has 0 aliphatic carbocycles. The quantitative estimate of drug-likeness (QED) is 0.366. The summed E-state index contributed by atoms with van der Waals surface area (Å²) in [6, 6.07) is 41.2. The minimum atomic E-state index is -0.602. The molecule has 4 aromatic rings. The fourth-order valence-corrected chi connectivity index (χ4v) is 5.92. The van der Waals surface area contributed by atoms with Crippen molar-refractivity contribution in [2.24, 2.45) is 0 Å². The molecule has 1 saturated heterocycles. The number of hydrogen-bond donors (Lipinski definition) is 0. The molecule has 2 aliphatic rings.